The van der Waals surface area contributed by atoms with E-state index in [4.69, 9.17) is 23.2 Å². The Labute approximate surface area is 175 Å². The Kier molecular flexibility index (Phi) is 5.33. The number of anilines is 1. The molecular weight excluding hydrogens is 413 g/mol. The molecule has 146 valence electrons. The number of carbonyl (C=O) groups excluding carboxylic acids is 1. The topological polar surface area (TPSA) is 92.7 Å². The minimum Gasteiger partial charge on any atom is -0.311 e. The number of H-pyrrole nitrogens is 1. The highest BCUT2D eigenvalue weighted by Crippen LogP contribution is 2.26. The maximum Gasteiger partial charge on any atom is 0.272 e. The lowest BCUT2D eigenvalue weighted by molar-refractivity contribution is -0.115. The first kappa shape index (κ1) is 19.2. The summed E-state index contributed by atoms with van der Waals surface area (Å²) < 4.78 is 1.60. The molecule has 2 heterocycles. The highest BCUT2D eigenvalue weighted by molar-refractivity contribution is 6.36. The molecular formula is C20H15Cl2N5O2. The predicted molar refractivity (Wildman–Crippen MR) is 112 cm³/mol. The van der Waals surface area contributed by atoms with Gasteiger partial charge in [-0.2, -0.15) is 10.2 Å². The maximum atomic E-state index is 12.6. The second-order valence-electron chi connectivity index (χ2n) is 6.34. The molecule has 0 aliphatic rings. The number of fused-ring (bicyclic) bond motifs is 1. The van der Waals surface area contributed by atoms with Gasteiger partial charge in [0.1, 0.15) is 5.82 Å². The fourth-order valence-electron chi connectivity index (χ4n) is 3.04. The smallest absolute Gasteiger partial charge is 0.272 e. The fourth-order valence-corrected chi connectivity index (χ4v) is 3.56. The van der Waals surface area contributed by atoms with E-state index in [2.05, 4.69) is 20.6 Å². The zero-order valence-corrected chi connectivity index (χ0v) is 16.5. The minimum absolute atomic E-state index is 0.00464. The van der Waals surface area contributed by atoms with Crippen LogP contribution in [0, 0.1) is 0 Å². The van der Waals surface area contributed by atoms with Crippen LogP contribution >= 0.6 is 23.2 Å². The number of rotatable bonds is 5. The first-order chi connectivity index (χ1) is 14.0. The lowest BCUT2D eigenvalue weighted by Gasteiger charge is -2.11. The number of aromatic nitrogens is 4. The van der Waals surface area contributed by atoms with Crippen LogP contribution in [-0.2, 0) is 17.8 Å². The number of nitrogens with one attached hydrogen (secondary N) is 2. The highest BCUT2D eigenvalue weighted by atomic mass is 35.5. The summed E-state index contributed by atoms with van der Waals surface area (Å²) >= 11 is 12.5. The van der Waals surface area contributed by atoms with Gasteiger partial charge in [0.2, 0.25) is 5.91 Å². The zero-order valence-electron chi connectivity index (χ0n) is 15.0. The van der Waals surface area contributed by atoms with Crippen molar-refractivity contribution in [2.24, 2.45) is 0 Å². The van der Waals surface area contributed by atoms with Gasteiger partial charge >= 0.3 is 0 Å². The molecule has 0 unspecified atom stereocenters. The average Bonchev–Trinajstić information content (AvgIpc) is 3.14. The molecule has 7 nitrogen and oxygen atoms in total. The Balaban J connectivity index is 1.54. The van der Waals surface area contributed by atoms with Crippen molar-refractivity contribution >= 4 is 45.7 Å². The van der Waals surface area contributed by atoms with Crippen molar-refractivity contribution in [1.29, 1.82) is 0 Å². The number of halogens is 2. The van der Waals surface area contributed by atoms with Crippen molar-refractivity contribution in [3.8, 4) is 0 Å². The molecule has 9 heteroatoms. The van der Waals surface area contributed by atoms with E-state index < -0.39 is 0 Å². The number of nitrogens with zero attached hydrogens (tertiary/aromatic N) is 3. The van der Waals surface area contributed by atoms with E-state index >= 15 is 0 Å². The van der Waals surface area contributed by atoms with Crippen molar-refractivity contribution in [1.82, 2.24) is 20.0 Å². The standard InChI is InChI=1S/C20H15Cl2N5O2/c21-15-6-3-7-16(22)14(15)11-27-18(8-9-23-27)24-19(28)10-17-12-4-1-2-5-13(12)20(29)26-25-17/h1-9H,10-11H2,(H,24,28)(H,26,29). The van der Waals surface area contributed by atoms with Crippen LogP contribution in [0.25, 0.3) is 10.8 Å². The number of carbonyl (C=O) groups is 1. The Morgan fingerprint density at radius 3 is 2.52 bits per heavy atom. The number of aromatic amines is 1. The van der Waals surface area contributed by atoms with E-state index in [9.17, 15) is 9.59 Å². The second-order valence-corrected chi connectivity index (χ2v) is 7.16. The van der Waals surface area contributed by atoms with Crippen molar-refractivity contribution in [2.75, 3.05) is 5.32 Å². The summed E-state index contributed by atoms with van der Waals surface area (Å²) in [4.78, 5) is 24.5. The van der Waals surface area contributed by atoms with Gasteiger partial charge in [-0.3, -0.25) is 9.59 Å². The summed E-state index contributed by atoms with van der Waals surface area (Å²) in [5.41, 5.74) is 0.903. The van der Waals surface area contributed by atoms with Gasteiger partial charge in [0.05, 0.1) is 30.2 Å². The molecule has 2 N–H and O–H groups in total. The van der Waals surface area contributed by atoms with Crippen LogP contribution in [0.4, 0.5) is 5.82 Å². The van der Waals surface area contributed by atoms with Crippen LogP contribution in [0.3, 0.4) is 0 Å². The van der Waals surface area contributed by atoms with Crippen LogP contribution in [0.15, 0.2) is 59.5 Å². The van der Waals surface area contributed by atoms with Crippen LogP contribution < -0.4 is 10.9 Å². The molecule has 1 amide bonds. The van der Waals surface area contributed by atoms with Crippen molar-refractivity contribution in [3.05, 3.63) is 86.4 Å². The van der Waals surface area contributed by atoms with Crippen LogP contribution in [0.5, 0.6) is 0 Å². The molecule has 4 rings (SSSR count). The van der Waals surface area contributed by atoms with Crippen LogP contribution in [-0.4, -0.2) is 25.9 Å². The summed E-state index contributed by atoms with van der Waals surface area (Å²) in [6, 6.07) is 14.0. The monoisotopic (exact) mass is 427 g/mol. The number of amides is 1. The van der Waals surface area contributed by atoms with Crippen molar-refractivity contribution in [3.63, 3.8) is 0 Å². The molecule has 2 aromatic heterocycles. The molecule has 0 bridgehead atoms. The van der Waals surface area contributed by atoms with Crippen LogP contribution in [0.2, 0.25) is 10.0 Å². The molecule has 2 aromatic carbocycles. The maximum absolute atomic E-state index is 12.6. The largest absolute Gasteiger partial charge is 0.311 e. The van der Waals surface area contributed by atoms with E-state index in [1.165, 1.54) is 0 Å². The lowest BCUT2D eigenvalue weighted by atomic mass is 10.1. The molecule has 0 radical (unpaired) electrons. The molecule has 29 heavy (non-hydrogen) atoms. The quantitative estimate of drug-likeness (QED) is 0.508. The molecule has 0 saturated carbocycles. The molecule has 0 atom stereocenters. The van der Waals surface area contributed by atoms with E-state index in [1.54, 1.807) is 59.4 Å². The number of hydrogen-bond donors (Lipinski definition) is 2. The first-order valence-corrected chi connectivity index (χ1v) is 9.49. The third kappa shape index (κ3) is 4.01. The van der Waals surface area contributed by atoms with E-state index in [-0.39, 0.29) is 17.9 Å². The van der Waals surface area contributed by atoms with Gasteiger partial charge in [-0.25, -0.2) is 9.78 Å². The normalized spacial score (nSPS) is 11.0. The average molecular weight is 428 g/mol. The second kappa shape index (κ2) is 8.06. The van der Waals surface area contributed by atoms with Crippen molar-refractivity contribution in [2.45, 2.75) is 13.0 Å². The van der Waals surface area contributed by atoms with Gasteiger partial charge in [0.25, 0.3) is 5.56 Å². The fraction of sp³-hybridized carbons (Fsp3) is 0.100. The van der Waals surface area contributed by atoms with Gasteiger partial charge < -0.3 is 5.32 Å². The van der Waals surface area contributed by atoms with Crippen LogP contribution in [0.1, 0.15) is 11.3 Å². The molecule has 0 saturated heterocycles. The van der Waals surface area contributed by atoms with Gasteiger partial charge in [-0.1, -0.05) is 47.5 Å². The van der Waals surface area contributed by atoms with Crippen molar-refractivity contribution < 1.29 is 4.79 Å². The third-order valence-electron chi connectivity index (χ3n) is 4.46. The Morgan fingerprint density at radius 1 is 1.03 bits per heavy atom. The van der Waals surface area contributed by atoms with Gasteiger partial charge in [0.15, 0.2) is 0 Å². The third-order valence-corrected chi connectivity index (χ3v) is 5.16. The zero-order chi connectivity index (χ0) is 20.4. The molecule has 0 spiro atoms. The van der Waals surface area contributed by atoms with E-state index in [0.717, 1.165) is 0 Å². The molecule has 0 aliphatic heterocycles. The van der Waals surface area contributed by atoms with Gasteiger partial charge in [-0.15, -0.1) is 0 Å². The Morgan fingerprint density at radius 2 is 1.76 bits per heavy atom. The summed E-state index contributed by atoms with van der Waals surface area (Å²) in [5.74, 6) is 0.210. The summed E-state index contributed by atoms with van der Waals surface area (Å²) in [6.45, 7) is 0.307. The summed E-state index contributed by atoms with van der Waals surface area (Å²) in [6.07, 6.45) is 1.57. The molecule has 0 fully saturated rings. The summed E-state index contributed by atoms with van der Waals surface area (Å²) in [5, 5.41) is 15.7. The Bertz CT molecular complexity index is 1240. The lowest BCUT2D eigenvalue weighted by Crippen LogP contribution is -2.20. The number of hydrogen-bond acceptors (Lipinski definition) is 4. The minimum atomic E-state index is -0.292. The van der Waals surface area contributed by atoms with Gasteiger partial charge in [0, 0.05) is 27.1 Å². The highest BCUT2D eigenvalue weighted by Gasteiger charge is 2.14. The SMILES string of the molecule is O=C(Cc1n[nH]c(=O)c2ccccc12)Nc1ccnn1Cc1c(Cl)cccc1Cl. The van der Waals surface area contributed by atoms with E-state index in [1.807, 2.05) is 0 Å². The first-order valence-electron chi connectivity index (χ1n) is 8.74. The summed E-state index contributed by atoms with van der Waals surface area (Å²) in [7, 11) is 0. The Hall–Kier alpha value is -3.16. The molecule has 0 aliphatic carbocycles. The predicted octanol–water partition coefficient (Wildman–Crippen LogP) is 3.66. The van der Waals surface area contributed by atoms with Gasteiger partial charge in [-0.05, 0) is 18.2 Å². The molecule has 4 aromatic rings. The van der Waals surface area contributed by atoms with E-state index in [0.29, 0.717) is 44.4 Å². The number of benzene rings is 2.